The van der Waals surface area contributed by atoms with Crippen molar-refractivity contribution >= 4 is 19.7 Å². The van der Waals surface area contributed by atoms with Crippen molar-refractivity contribution in [2.75, 3.05) is 0 Å². The van der Waals surface area contributed by atoms with Gasteiger partial charge in [0.2, 0.25) is 0 Å². The second-order valence-electron chi connectivity index (χ2n) is 6.80. The van der Waals surface area contributed by atoms with Crippen LogP contribution in [-0.2, 0) is 4.43 Å². The van der Waals surface area contributed by atoms with Gasteiger partial charge in [-0.15, -0.1) is 11.3 Å². The lowest BCUT2D eigenvalue weighted by Crippen LogP contribution is -2.41. The largest absolute Gasteiger partial charge is 0.398 e. The first-order chi connectivity index (χ1) is 10.3. The van der Waals surface area contributed by atoms with E-state index in [1.807, 2.05) is 5.38 Å². The first-order valence-corrected chi connectivity index (χ1v) is 11.6. The monoisotopic (exact) mass is 333 g/mol. The molecule has 120 valence electrons. The van der Waals surface area contributed by atoms with Crippen LogP contribution in [0.2, 0.25) is 18.1 Å². The van der Waals surface area contributed by atoms with Crippen molar-refractivity contribution in [1.82, 2.24) is 4.98 Å². The lowest BCUT2D eigenvalue weighted by atomic mass is 10.2. The molecule has 0 fully saturated rings. The first kappa shape index (κ1) is 19.0. The number of nitrogens with zero attached hydrogens (tertiary/aromatic N) is 1. The smallest absolute Gasteiger partial charge is 0.194 e. The van der Waals surface area contributed by atoms with E-state index in [1.165, 1.54) is 6.42 Å². The molecule has 0 saturated heterocycles. The van der Waals surface area contributed by atoms with Crippen LogP contribution in [0.5, 0.6) is 0 Å². The number of thiazole rings is 1. The summed E-state index contributed by atoms with van der Waals surface area (Å²) >= 11 is 1.59. The Kier molecular flexibility index (Phi) is 7.36. The Balaban J connectivity index is 2.87. The van der Waals surface area contributed by atoms with Gasteiger partial charge in [0, 0.05) is 18.0 Å². The van der Waals surface area contributed by atoms with Crippen LogP contribution in [0.1, 0.15) is 58.1 Å². The minimum absolute atomic E-state index is 0.150. The van der Waals surface area contributed by atoms with Gasteiger partial charge in [-0.05, 0) is 36.4 Å². The molecule has 1 atom stereocenters. The highest BCUT2D eigenvalue weighted by Gasteiger charge is 2.39. The highest BCUT2D eigenvalue weighted by atomic mass is 32.1. The average Bonchev–Trinajstić information content (AvgIpc) is 2.94. The van der Waals surface area contributed by atoms with Gasteiger partial charge in [0.05, 0.1) is 0 Å². The van der Waals surface area contributed by atoms with E-state index in [2.05, 4.69) is 69.5 Å². The van der Waals surface area contributed by atoms with E-state index >= 15 is 0 Å². The Labute approximate surface area is 140 Å². The van der Waals surface area contributed by atoms with Crippen LogP contribution < -0.4 is 0 Å². The zero-order valence-electron chi connectivity index (χ0n) is 14.6. The van der Waals surface area contributed by atoms with Gasteiger partial charge < -0.3 is 4.43 Å². The van der Waals surface area contributed by atoms with Crippen LogP contribution in [0.3, 0.4) is 0 Å². The zero-order valence-corrected chi connectivity index (χ0v) is 16.4. The lowest BCUT2D eigenvalue weighted by Gasteiger charge is -2.37. The van der Waals surface area contributed by atoms with Crippen LogP contribution in [0.15, 0.2) is 11.6 Å². The summed E-state index contributed by atoms with van der Waals surface area (Å²) in [7, 11) is -1.89. The van der Waals surface area contributed by atoms with Crippen molar-refractivity contribution in [2.24, 2.45) is 0 Å². The number of hydrogen-bond acceptors (Lipinski definition) is 3. The van der Waals surface area contributed by atoms with Crippen molar-refractivity contribution < 1.29 is 4.43 Å². The first-order valence-electron chi connectivity index (χ1n) is 7.83. The topological polar surface area (TPSA) is 22.1 Å². The molecular weight excluding hydrogens is 306 g/mol. The fourth-order valence-corrected chi connectivity index (χ4v) is 3.26. The molecular formula is C18H27NOSSi. The molecule has 1 rings (SSSR count). The van der Waals surface area contributed by atoms with Gasteiger partial charge in [-0.25, -0.2) is 4.98 Å². The third kappa shape index (κ3) is 5.97. The van der Waals surface area contributed by atoms with E-state index in [0.717, 1.165) is 17.8 Å². The highest BCUT2D eigenvalue weighted by molar-refractivity contribution is 7.09. The number of unbranched alkanes of at least 4 members (excludes halogenated alkanes) is 2. The molecule has 0 saturated carbocycles. The van der Waals surface area contributed by atoms with Crippen LogP contribution in [0.4, 0.5) is 0 Å². The maximum Gasteiger partial charge on any atom is 0.194 e. The van der Waals surface area contributed by atoms with E-state index in [1.54, 1.807) is 17.5 Å². The molecule has 0 aliphatic carbocycles. The van der Waals surface area contributed by atoms with E-state index in [-0.39, 0.29) is 11.1 Å². The molecule has 0 aliphatic heterocycles. The van der Waals surface area contributed by atoms with Crippen LogP contribution in [0.25, 0.3) is 0 Å². The summed E-state index contributed by atoms with van der Waals surface area (Å²) in [5.41, 5.74) is 0. The van der Waals surface area contributed by atoms with Gasteiger partial charge in [0.1, 0.15) is 5.01 Å². The van der Waals surface area contributed by atoms with E-state index < -0.39 is 8.32 Å². The zero-order chi connectivity index (χ0) is 16.6. The summed E-state index contributed by atoms with van der Waals surface area (Å²) in [6, 6.07) is 0. The maximum atomic E-state index is 6.42. The van der Waals surface area contributed by atoms with E-state index in [4.69, 9.17) is 4.43 Å². The van der Waals surface area contributed by atoms with Gasteiger partial charge >= 0.3 is 0 Å². The molecule has 1 aromatic rings. The van der Waals surface area contributed by atoms with E-state index in [0.29, 0.717) is 0 Å². The minimum Gasteiger partial charge on any atom is -0.398 e. The number of hydrogen-bond donors (Lipinski definition) is 0. The summed E-state index contributed by atoms with van der Waals surface area (Å²) in [5, 5.41) is 3.04. The Morgan fingerprint density at radius 2 is 2.05 bits per heavy atom. The molecule has 0 aromatic carbocycles. The molecule has 0 aliphatic rings. The Bertz CT molecular complexity index is 564. The molecule has 0 amide bonds. The summed E-state index contributed by atoms with van der Waals surface area (Å²) in [6.45, 7) is 13.3. The standard InChI is InChI=1S/C18H27NOSSi/c1-7-8-9-10-11-12-13-16(17-19-14-15-21-17)20-22(5,6)18(2,3)4/h14-16H,7-9H2,1-6H3. The second kappa shape index (κ2) is 8.53. The van der Waals surface area contributed by atoms with Crippen molar-refractivity contribution in [2.45, 2.75) is 71.2 Å². The third-order valence-electron chi connectivity index (χ3n) is 3.90. The molecule has 1 unspecified atom stereocenters. The molecule has 1 heterocycles. The van der Waals surface area contributed by atoms with Crippen LogP contribution in [-0.4, -0.2) is 13.3 Å². The Morgan fingerprint density at radius 1 is 1.32 bits per heavy atom. The van der Waals surface area contributed by atoms with Crippen LogP contribution >= 0.6 is 11.3 Å². The fraction of sp³-hybridized carbons (Fsp3) is 0.611. The minimum atomic E-state index is -1.89. The lowest BCUT2D eigenvalue weighted by molar-refractivity contribution is 0.238. The van der Waals surface area contributed by atoms with Crippen LogP contribution in [0, 0.1) is 23.7 Å². The maximum absolute atomic E-state index is 6.42. The third-order valence-corrected chi connectivity index (χ3v) is 9.16. The normalized spacial score (nSPS) is 12.8. The molecule has 0 N–H and O–H groups in total. The predicted octanol–water partition coefficient (Wildman–Crippen LogP) is 5.40. The number of rotatable bonds is 5. The summed E-state index contributed by atoms with van der Waals surface area (Å²) in [6.07, 6.45) is 4.75. The van der Waals surface area contributed by atoms with Crippen molar-refractivity contribution in [3.8, 4) is 23.7 Å². The molecule has 22 heavy (non-hydrogen) atoms. The molecule has 4 heteroatoms. The number of aromatic nitrogens is 1. The quantitative estimate of drug-likeness (QED) is 0.409. The van der Waals surface area contributed by atoms with E-state index in [9.17, 15) is 0 Å². The summed E-state index contributed by atoms with van der Waals surface area (Å²) in [5.74, 6) is 12.2. The molecule has 0 bridgehead atoms. The fourth-order valence-electron chi connectivity index (χ4n) is 1.45. The SMILES string of the molecule is CCCCC#CC#CC(O[Si](C)(C)C(C)(C)C)c1nccs1. The molecule has 2 nitrogen and oxygen atoms in total. The highest BCUT2D eigenvalue weighted by Crippen LogP contribution is 2.39. The Hall–Kier alpha value is -1.07. The van der Waals surface area contributed by atoms with Gasteiger partial charge in [0.25, 0.3) is 0 Å². The van der Waals surface area contributed by atoms with Gasteiger partial charge in [-0.1, -0.05) is 46.0 Å². The molecule has 0 spiro atoms. The predicted molar refractivity (Wildman–Crippen MR) is 98.2 cm³/mol. The summed E-state index contributed by atoms with van der Waals surface area (Å²) < 4.78 is 6.42. The Morgan fingerprint density at radius 3 is 2.59 bits per heavy atom. The average molecular weight is 334 g/mol. The molecule has 1 aromatic heterocycles. The second-order valence-corrected chi connectivity index (χ2v) is 12.5. The van der Waals surface area contributed by atoms with Gasteiger partial charge in [0.15, 0.2) is 14.4 Å². The van der Waals surface area contributed by atoms with Gasteiger partial charge in [-0.3, -0.25) is 0 Å². The van der Waals surface area contributed by atoms with Crippen molar-refractivity contribution in [3.05, 3.63) is 16.6 Å². The molecule has 0 radical (unpaired) electrons. The van der Waals surface area contributed by atoms with Gasteiger partial charge in [-0.2, -0.15) is 0 Å². The van der Waals surface area contributed by atoms with Crippen molar-refractivity contribution in [1.29, 1.82) is 0 Å². The van der Waals surface area contributed by atoms with Crippen molar-refractivity contribution in [3.63, 3.8) is 0 Å². The summed E-state index contributed by atoms with van der Waals surface area (Å²) in [4.78, 5) is 4.38.